The molecule has 0 bridgehead atoms. The Bertz CT molecular complexity index is 1030. The van der Waals surface area contributed by atoms with Gasteiger partial charge in [-0.2, -0.15) is 0 Å². The number of aromatic amines is 1. The minimum Gasteiger partial charge on any atom is -0.325 e. The highest BCUT2D eigenvalue weighted by Crippen LogP contribution is 2.35. The molecule has 1 amide bonds. The number of carbonyl (C=O) groups is 1. The van der Waals surface area contributed by atoms with Gasteiger partial charge in [0.15, 0.2) is 0 Å². The quantitative estimate of drug-likeness (QED) is 0.680. The Labute approximate surface area is 165 Å². The molecule has 0 fully saturated rings. The summed E-state index contributed by atoms with van der Waals surface area (Å²) in [5.41, 5.74) is 1.94. The number of nitrogens with one attached hydrogen (secondary N) is 2. The van der Waals surface area contributed by atoms with E-state index in [1.165, 1.54) is 22.2 Å². The molecule has 1 atom stereocenters. The minimum absolute atomic E-state index is 0.0450. The first-order valence-electron chi connectivity index (χ1n) is 9.06. The predicted octanol–water partition coefficient (Wildman–Crippen LogP) is 3.98. The highest BCUT2D eigenvalue weighted by molar-refractivity contribution is 7.99. The van der Waals surface area contributed by atoms with Crippen molar-refractivity contribution in [3.63, 3.8) is 0 Å². The van der Waals surface area contributed by atoms with E-state index in [9.17, 15) is 9.59 Å². The molecule has 7 heteroatoms. The summed E-state index contributed by atoms with van der Waals surface area (Å²) >= 11 is 3.10. The molecule has 2 aromatic heterocycles. The van der Waals surface area contributed by atoms with Crippen LogP contribution in [0, 0.1) is 5.92 Å². The van der Waals surface area contributed by atoms with Crippen molar-refractivity contribution >= 4 is 44.9 Å². The predicted molar refractivity (Wildman–Crippen MR) is 113 cm³/mol. The summed E-state index contributed by atoms with van der Waals surface area (Å²) in [5.74, 6) is 2.07. The van der Waals surface area contributed by atoms with Crippen molar-refractivity contribution in [1.29, 1.82) is 0 Å². The zero-order valence-electron chi connectivity index (χ0n) is 15.1. The van der Waals surface area contributed by atoms with Gasteiger partial charge < -0.3 is 10.3 Å². The lowest BCUT2D eigenvalue weighted by Gasteiger charge is -2.17. The van der Waals surface area contributed by atoms with Crippen molar-refractivity contribution in [3.05, 3.63) is 57.0 Å². The molecule has 2 heterocycles. The molecule has 0 spiro atoms. The molecule has 0 unspecified atom stereocenters. The van der Waals surface area contributed by atoms with E-state index in [4.69, 9.17) is 0 Å². The van der Waals surface area contributed by atoms with Crippen LogP contribution in [0.3, 0.4) is 0 Å². The summed E-state index contributed by atoms with van der Waals surface area (Å²) in [6, 6.07) is 9.39. The lowest BCUT2D eigenvalue weighted by Crippen LogP contribution is -2.16. The summed E-state index contributed by atoms with van der Waals surface area (Å²) in [6.45, 7) is 2.26. The molecular formula is C20H21N3O2S2. The number of thiophene rings is 1. The molecule has 0 saturated heterocycles. The highest BCUT2D eigenvalue weighted by Gasteiger charge is 2.23. The van der Waals surface area contributed by atoms with Crippen molar-refractivity contribution < 1.29 is 4.79 Å². The van der Waals surface area contributed by atoms with Gasteiger partial charge in [-0.15, -0.1) is 23.1 Å². The van der Waals surface area contributed by atoms with E-state index < -0.39 is 0 Å². The smallest absolute Gasteiger partial charge is 0.259 e. The van der Waals surface area contributed by atoms with Gasteiger partial charge in [-0.25, -0.2) is 4.98 Å². The van der Waals surface area contributed by atoms with Crippen LogP contribution in [0.1, 0.15) is 29.6 Å². The summed E-state index contributed by atoms with van der Waals surface area (Å²) in [7, 11) is 0. The first kappa shape index (κ1) is 18.3. The van der Waals surface area contributed by atoms with Crippen molar-refractivity contribution in [3.8, 4) is 0 Å². The van der Waals surface area contributed by atoms with Gasteiger partial charge in [0.2, 0.25) is 5.91 Å². The molecule has 1 aromatic carbocycles. The van der Waals surface area contributed by atoms with E-state index in [-0.39, 0.29) is 11.5 Å². The number of H-pyrrole nitrogens is 1. The molecule has 1 aliphatic carbocycles. The summed E-state index contributed by atoms with van der Waals surface area (Å²) in [6.07, 6.45) is 3.14. The summed E-state index contributed by atoms with van der Waals surface area (Å²) in [5, 5.41) is 3.63. The Hall–Kier alpha value is -2.12. The third-order valence-electron chi connectivity index (χ3n) is 4.74. The topological polar surface area (TPSA) is 74.8 Å². The Morgan fingerprint density at radius 1 is 1.37 bits per heavy atom. The van der Waals surface area contributed by atoms with Crippen LogP contribution in [-0.2, 0) is 23.4 Å². The monoisotopic (exact) mass is 399 g/mol. The zero-order chi connectivity index (χ0) is 18.8. The molecule has 27 heavy (non-hydrogen) atoms. The van der Waals surface area contributed by atoms with Crippen molar-refractivity contribution in [1.82, 2.24) is 9.97 Å². The maximum absolute atomic E-state index is 12.6. The van der Waals surface area contributed by atoms with Crippen LogP contribution in [-0.4, -0.2) is 21.6 Å². The third-order valence-corrected chi connectivity index (χ3v) is 6.84. The first-order valence-corrected chi connectivity index (χ1v) is 11.0. The van der Waals surface area contributed by atoms with Gasteiger partial charge in [0.25, 0.3) is 5.56 Å². The molecule has 4 rings (SSSR count). The van der Waals surface area contributed by atoms with E-state index in [1.807, 2.05) is 30.3 Å². The van der Waals surface area contributed by atoms with Crippen LogP contribution in [0.25, 0.3) is 10.2 Å². The third kappa shape index (κ3) is 4.09. The molecule has 0 saturated carbocycles. The highest BCUT2D eigenvalue weighted by atomic mass is 32.2. The van der Waals surface area contributed by atoms with E-state index >= 15 is 0 Å². The fourth-order valence-electron chi connectivity index (χ4n) is 3.42. The number of thioether (sulfide) groups is 1. The number of nitrogens with zero attached hydrogens (tertiary/aromatic N) is 1. The molecule has 5 nitrogen and oxygen atoms in total. The largest absolute Gasteiger partial charge is 0.325 e. The van der Waals surface area contributed by atoms with Gasteiger partial charge >= 0.3 is 0 Å². The molecule has 0 radical (unpaired) electrons. The Balaban J connectivity index is 1.42. The maximum Gasteiger partial charge on any atom is 0.259 e. The second kappa shape index (κ2) is 7.86. The van der Waals surface area contributed by atoms with E-state index in [1.54, 1.807) is 11.3 Å². The van der Waals surface area contributed by atoms with Gasteiger partial charge in [0.05, 0.1) is 16.9 Å². The van der Waals surface area contributed by atoms with Crippen LogP contribution in [0.5, 0.6) is 0 Å². The zero-order valence-corrected chi connectivity index (χ0v) is 16.7. The average Bonchev–Trinajstić information content (AvgIpc) is 3.00. The van der Waals surface area contributed by atoms with Gasteiger partial charge in [-0.3, -0.25) is 9.59 Å². The second-order valence-corrected chi connectivity index (χ2v) is 9.02. The summed E-state index contributed by atoms with van der Waals surface area (Å²) in [4.78, 5) is 34.3. The molecule has 1 aliphatic rings. The number of carbonyl (C=O) groups excluding carboxylic acids is 1. The van der Waals surface area contributed by atoms with E-state index in [2.05, 4.69) is 22.2 Å². The molecule has 2 N–H and O–H groups in total. The van der Waals surface area contributed by atoms with Crippen LogP contribution < -0.4 is 10.9 Å². The van der Waals surface area contributed by atoms with E-state index in [0.717, 1.165) is 35.2 Å². The maximum atomic E-state index is 12.6. The van der Waals surface area contributed by atoms with Gasteiger partial charge in [-0.1, -0.05) is 25.1 Å². The Morgan fingerprint density at radius 3 is 3.00 bits per heavy atom. The Morgan fingerprint density at radius 2 is 2.19 bits per heavy atom. The van der Waals surface area contributed by atoms with E-state index in [0.29, 0.717) is 23.2 Å². The fourth-order valence-corrected chi connectivity index (χ4v) is 5.51. The number of fused-ring (bicyclic) bond motifs is 3. The SMILES string of the molecule is C[C@H]1CCc2c(sc3nc(CSCC(=O)Nc4ccccc4)[nH]c(=O)c23)C1. The van der Waals surface area contributed by atoms with Crippen LogP contribution in [0.15, 0.2) is 35.1 Å². The minimum atomic E-state index is -0.0600. The lowest BCUT2D eigenvalue weighted by molar-refractivity contribution is -0.113. The standard InChI is InChI=1S/C20H21N3O2S2/c1-12-7-8-14-15(9-12)27-20-18(14)19(25)22-16(23-20)10-26-11-17(24)21-13-5-3-2-4-6-13/h2-6,12H,7-11H2,1H3,(H,21,24)(H,22,23,25)/t12-/m0/s1. The van der Waals surface area contributed by atoms with Gasteiger partial charge in [-0.05, 0) is 42.9 Å². The van der Waals surface area contributed by atoms with Gasteiger partial charge in [0, 0.05) is 10.6 Å². The van der Waals surface area contributed by atoms with Crippen molar-refractivity contribution in [2.45, 2.75) is 31.9 Å². The van der Waals surface area contributed by atoms with Crippen LogP contribution in [0.4, 0.5) is 5.69 Å². The number of anilines is 1. The van der Waals surface area contributed by atoms with Crippen LogP contribution in [0.2, 0.25) is 0 Å². The first-order chi connectivity index (χ1) is 13.1. The average molecular weight is 400 g/mol. The number of amides is 1. The van der Waals surface area contributed by atoms with Crippen molar-refractivity contribution in [2.24, 2.45) is 5.92 Å². The molecular weight excluding hydrogens is 378 g/mol. The molecule has 3 aromatic rings. The number of hydrogen-bond acceptors (Lipinski definition) is 5. The fraction of sp³-hybridized carbons (Fsp3) is 0.350. The van der Waals surface area contributed by atoms with Gasteiger partial charge in [0.1, 0.15) is 10.7 Å². The second-order valence-electron chi connectivity index (χ2n) is 6.95. The van der Waals surface area contributed by atoms with Crippen LogP contribution >= 0.6 is 23.1 Å². The number of hydrogen-bond donors (Lipinski definition) is 2. The number of rotatable bonds is 5. The number of para-hydroxylation sites is 1. The normalized spacial score (nSPS) is 16.3. The number of benzene rings is 1. The molecule has 140 valence electrons. The lowest BCUT2D eigenvalue weighted by atomic mass is 9.89. The summed E-state index contributed by atoms with van der Waals surface area (Å²) < 4.78 is 0. The number of aromatic nitrogens is 2. The molecule has 0 aliphatic heterocycles. The Kier molecular flexibility index (Phi) is 5.31. The van der Waals surface area contributed by atoms with Crippen molar-refractivity contribution in [2.75, 3.05) is 11.1 Å². The number of aryl methyl sites for hydroxylation is 1.